The molecule has 2 heteroatoms. The van der Waals surface area contributed by atoms with Gasteiger partial charge in [0.1, 0.15) is 5.69 Å². The summed E-state index contributed by atoms with van der Waals surface area (Å²) < 4.78 is 0. The van der Waals surface area contributed by atoms with E-state index < -0.39 is 0 Å². The fraction of sp³-hybridized carbons (Fsp3) is 0.400. The second-order valence-electron chi connectivity index (χ2n) is 3.74. The Morgan fingerprint density at radius 2 is 2.00 bits per heavy atom. The van der Waals surface area contributed by atoms with Crippen molar-refractivity contribution in [2.75, 3.05) is 0 Å². The molecule has 0 amide bonds. The van der Waals surface area contributed by atoms with Gasteiger partial charge in [0.2, 0.25) is 0 Å². The molecule has 1 heterocycles. The summed E-state index contributed by atoms with van der Waals surface area (Å²) in [6.07, 6.45) is 0. The quantitative estimate of drug-likeness (QED) is 0.533. The summed E-state index contributed by atoms with van der Waals surface area (Å²) in [6, 6.07) is 5.55. The zero-order valence-electron chi connectivity index (χ0n) is 7.63. The summed E-state index contributed by atoms with van der Waals surface area (Å²) in [5.41, 5.74) is 0.997. The van der Waals surface area contributed by atoms with Gasteiger partial charge in [-0.1, -0.05) is 33.4 Å². The zero-order valence-corrected chi connectivity index (χ0v) is 7.63. The summed E-state index contributed by atoms with van der Waals surface area (Å²) in [5, 5.41) is 0. The molecule has 0 aliphatic rings. The van der Waals surface area contributed by atoms with Crippen molar-refractivity contribution in [1.29, 1.82) is 0 Å². The van der Waals surface area contributed by atoms with Gasteiger partial charge < -0.3 is 4.85 Å². The van der Waals surface area contributed by atoms with Crippen LogP contribution in [0.2, 0.25) is 0 Å². The van der Waals surface area contributed by atoms with E-state index in [0.717, 1.165) is 5.69 Å². The Bertz CT molecular complexity index is 315. The summed E-state index contributed by atoms with van der Waals surface area (Å²) in [4.78, 5) is 7.49. The molecule has 0 radical (unpaired) electrons. The lowest BCUT2D eigenvalue weighted by Crippen LogP contribution is -2.12. The predicted molar refractivity (Wildman–Crippen MR) is 49.2 cm³/mol. The number of aromatic nitrogens is 1. The third kappa shape index (κ3) is 1.82. The number of pyridine rings is 1. The van der Waals surface area contributed by atoms with Gasteiger partial charge in [0.15, 0.2) is 0 Å². The number of nitrogens with zero attached hydrogens (tertiary/aromatic N) is 2. The van der Waals surface area contributed by atoms with Crippen LogP contribution in [0.5, 0.6) is 0 Å². The first-order valence-electron chi connectivity index (χ1n) is 3.89. The van der Waals surface area contributed by atoms with Gasteiger partial charge in [0.05, 0.1) is 0 Å². The van der Waals surface area contributed by atoms with E-state index in [2.05, 4.69) is 30.6 Å². The van der Waals surface area contributed by atoms with Crippen LogP contribution in [0.3, 0.4) is 0 Å². The van der Waals surface area contributed by atoms with Crippen molar-refractivity contribution in [2.24, 2.45) is 0 Å². The first kappa shape index (κ1) is 8.73. The van der Waals surface area contributed by atoms with Crippen LogP contribution in [0, 0.1) is 6.57 Å². The molecular weight excluding hydrogens is 148 g/mol. The summed E-state index contributed by atoms with van der Waals surface area (Å²) >= 11 is 0. The van der Waals surface area contributed by atoms with Crippen LogP contribution in [0.15, 0.2) is 18.2 Å². The second-order valence-corrected chi connectivity index (χ2v) is 3.74. The third-order valence-corrected chi connectivity index (χ3v) is 1.62. The molecule has 1 aromatic rings. The highest BCUT2D eigenvalue weighted by molar-refractivity contribution is 5.37. The normalized spacial score (nSPS) is 10.8. The molecule has 0 saturated heterocycles. The Morgan fingerprint density at radius 1 is 1.33 bits per heavy atom. The molecule has 0 bridgehead atoms. The minimum atomic E-state index is 0.0285. The van der Waals surface area contributed by atoms with Crippen LogP contribution in [0.25, 0.3) is 4.85 Å². The maximum atomic E-state index is 6.81. The monoisotopic (exact) mass is 160 g/mol. The number of hydrogen-bond donors (Lipinski definition) is 0. The molecule has 1 aromatic heterocycles. The van der Waals surface area contributed by atoms with Crippen LogP contribution < -0.4 is 0 Å². The van der Waals surface area contributed by atoms with Crippen molar-refractivity contribution in [3.63, 3.8) is 0 Å². The Kier molecular flexibility index (Phi) is 2.14. The van der Waals surface area contributed by atoms with Crippen LogP contribution in [0.4, 0.5) is 5.82 Å². The smallest absolute Gasteiger partial charge is 0.269 e. The molecule has 0 atom stereocenters. The maximum absolute atomic E-state index is 6.81. The lowest BCUT2D eigenvalue weighted by molar-refractivity contribution is 0.570. The van der Waals surface area contributed by atoms with Gasteiger partial charge in [-0.15, -0.1) is 4.98 Å². The molecule has 0 unspecified atom stereocenters. The number of hydrogen-bond acceptors (Lipinski definition) is 1. The van der Waals surface area contributed by atoms with Crippen LogP contribution in [-0.4, -0.2) is 4.98 Å². The highest BCUT2D eigenvalue weighted by Gasteiger charge is 2.18. The molecule has 0 fully saturated rings. The first-order valence-corrected chi connectivity index (χ1v) is 3.89. The van der Waals surface area contributed by atoms with Gasteiger partial charge in [-0.2, -0.15) is 0 Å². The van der Waals surface area contributed by atoms with Crippen molar-refractivity contribution < 1.29 is 0 Å². The fourth-order valence-electron chi connectivity index (χ4n) is 0.903. The standard InChI is InChI=1S/C10H12N2/c1-10(2,3)8-6-5-7-9(11-4)12-8/h5-7H,1-3H3. The lowest BCUT2D eigenvalue weighted by Gasteiger charge is -2.13. The Morgan fingerprint density at radius 3 is 2.50 bits per heavy atom. The molecule has 0 aliphatic heterocycles. The van der Waals surface area contributed by atoms with Gasteiger partial charge in [-0.05, 0) is 12.1 Å². The van der Waals surface area contributed by atoms with Crippen LogP contribution in [-0.2, 0) is 5.41 Å². The zero-order chi connectivity index (χ0) is 9.19. The predicted octanol–water partition coefficient (Wildman–Crippen LogP) is 2.93. The molecule has 0 spiro atoms. The van der Waals surface area contributed by atoms with Gasteiger partial charge in [-0.25, -0.2) is 0 Å². The minimum Gasteiger partial charge on any atom is -0.361 e. The molecule has 1 rings (SSSR count). The van der Waals surface area contributed by atoms with E-state index in [1.54, 1.807) is 6.07 Å². The average molecular weight is 160 g/mol. The van der Waals surface area contributed by atoms with Gasteiger partial charge in [-0.3, -0.25) is 0 Å². The second kappa shape index (κ2) is 2.94. The molecular formula is C10H12N2. The topological polar surface area (TPSA) is 17.2 Å². The number of rotatable bonds is 0. The summed E-state index contributed by atoms with van der Waals surface area (Å²) in [7, 11) is 0. The molecule has 0 aromatic carbocycles. The van der Waals surface area contributed by atoms with E-state index >= 15 is 0 Å². The van der Waals surface area contributed by atoms with Crippen LogP contribution in [0.1, 0.15) is 26.5 Å². The van der Waals surface area contributed by atoms with Gasteiger partial charge in [0.25, 0.3) is 5.82 Å². The van der Waals surface area contributed by atoms with Crippen molar-refractivity contribution in [3.8, 4) is 0 Å². The van der Waals surface area contributed by atoms with Crippen molar-refractivity contribution in [3.05, 3.63) is 35.3 Å². The average Bonchev–Trinajstić information content (AvgIpc) is 2.03. The van der Waals surface area contributed by atoms with Crippen molar-refractivity contribution in [2.45, 2.75) is 26.2 Å². The highest BCUT2D eigenvalue weighted by atomic mass is 14.9. The first-order chi connectivity index (χ1) is 5.54. The Labute approximate surface area is 73.1 Å². The molecule has 0 N–H and O–H groups in total. The van der Waals surface area contributed by atoms with E-state index in [1.165, 1.54) is 0 Å². The maximum Gasteiger partial charge on any atom is 0.269 e. The summed E-state index contributed by atoms with van der Waals surface area (Å²) in [6.45, 7) is 13.1. The van der Waals surface area contributed by atoms with E-state index in [4.69, 9.17) is 6.57 Å². The van der Waals surface area contributed by atoms with E-state index in [-0.39, 0.29) is 5.41 Å². The van der Waals surface area contributed by atoms with E-state index in [0.29, 0.717) is 5.82 Å². The fourth-order valence-corrected chi connectivity index (χ4v) is 0.903. The lowest BCUT2D eigenvalue weighted by atomic mass is 9.92. The highest BCUT2D eigenvalue weighted by Crippen LogP contribution is 2.21. The SMILES string of the molecule is [C-]#[N+]c1cccc(C(C)(C)C)n1. The van der Waals surface area contributed by atoms with Crippen LogP contribution >= 0.6 is 0 Å². The van der Waals surface area contributed by atoms with Gasteiger partial charge >= 0.3 is 0 Å². The van der Waals surface area contributed by atoms with Crippen molar-refractivity contribution in [1.82, 2.24) is 4.98 Å². The minimum absolute atomic E-state index is 0.0285. The summed E-state index contributed by atoms with van der Waals surface area (Å²) in [5.74, 6) is 0.474. The molecule has 62 valence electrons. The van der Waals surface area contributed by atoms with Crippen molar-refractivity contribution >= 4 is 5.82 Å². The van der Waals surface area contributed by atoms with Gasteiger partial charge in [0, 0.05) is 5.41 Å². The van der Waals surface area contributed by atoms with E-state index in [9.17, 15) is 0 Å². The molecule has 0 aliphatic carbocycles. The van der Waals surface area contributed by atoms with E-state index in [1.807, 2.05) is 12.1 Å². The molecule has 2 nitrogen and oxygen atoms in total. The Balaban J connectivity index is 3.13. The third-order valence-electron chi connectivity index (χ3n) is 1.62. The Hall–Kier alpha value is -1.36. The largest absolute Gasteiger partial charge is 0.361 e. The molecule has 12 heavy (non-hydrogen) atoms. The molecule has 0 saturated carbocycles.